The van der Waals surface area contributed by atoms with Crippen LogP contribution in [0.15, 0.2) is 60.8 Å². The van der Waals surface area contributed by atoms with Gasteiger partial charge in [-0.1, -0.05) is 57.0 Å². The zero-order chi connectivity index (χ0) is 19.8. The van der Waals surface area contributed by atoms with Crippen molar-refractivity contribution in [3.63, 3.8) is 0 Å². The third-order valence-electron chi connectivity index (χ3n) is 4.81. The van der Waals surface area contributed by atoms with E-state index < -0.39 is 0 Å². The number of pyridine rings is 1. The summed E-state index contributed by atoms with van der Waals surface area (Å²) in [7, 11) is 0. The van der Waals surface area contributed by atoms with E-state index in [0.29, 0.717) is 23.6 Å². The number of nitrogens with zero attached hydrogens (tertiary/aromatic N) is 1. The van der Waals surface area contributed by atoms with Gasteiger partial charge in [0.25, 0.3) is 0 Å². The highest BCUT2D eigenvalue weighted by Crippen LogP contribution is 2.27. The Morgan fingerprint density at radius 3 is 2.29 bits per heavy atom. The zero-order valence-corrected chi connectivity index (χ0v) is 16.7. The number of unbranched alkanes of at least 4 members (excludes halogenated alkanes) is 2. The smallest absolute Gasteiger partial charge is 0.136 e. The topological polar surface area (TPSA) is 22.1 Å². The molecule has 2 aromatic carbocycles. The van der Waals surface area contributed by atoms with Crippen LogP contribution in [-0.4, -0.2) is 11.6 Å². The summed E-state index contributed by atoms with van der Waals surface area (Å²) < 4.78 is 19.9. The molecule has 0 fully saturated rings. The van der Waals surface area contributed by atoms with Crippen molar-refractivity contribution in [3.8, 4) is 28.1 Å². The summed E-state index contributed by atoms with van der Waals surface area (Å²) >= 11 is 0. The summed E-state index contributed by atoms with van der Waals surface area (Å²) in [4.78, 5) is 4.48. The Balaban J connectivity index is 1.71. The van der Waals surface area contributed by atoms with Gasteiger partial charge in [0.1, 0.15) is 11.6 Å². The maximum absolute atomic E-state index is 14.4. The van der Waals surface area contributed by atoms with Crippen molar-refractivity contribution in [2.24, 2.45) is 0 Å². The largest absolute Gasteiger partial charge is 0.494 e. The zero-order valence-electron chi connectivity index (χ0n) is 16.7. The van der Waals surface area contributed by atoms with Crippen LogP contribution in [0, 0.1) is 5.82 Å². The number of benzene rings is 2. The van der Waals surface area contributed by atoms with Gasteiger partial charge in [0.05, 0.1) is 12.3 Å². The highest BCUT2D eigenvalue weighted by atomic mass is 19.1. The van der Waals surface area contributed by atoms with Gasteiger partial charge in [0.15, 0.2) is 0 Å². The number of rotatable bonds is 9. The fourth-order valence-corrected chi connectivity index (χ4v) is 3.18. The molecular weight excluding hydrogens is 349 g/mol. The van der Waals surface area contributed by atoms with Crippen molar-refractivity contribution in [2.75, 3.05) is 6.61 Å². The van der Waals surface area contributed by atoms with Crippen molar-refractivity contribution in [1.29, 1.82) is 0 Å². The number of aromatic nitrogens is 1. The van der Waals surface area contributed by atoms with Crippen LogP contribution >= 0.6 is 0 Å². The van der Waals surface area contributed by atoms with Crippen LogP contribution in [-0.2, 0) is 6.42 Å². The first-order valence-corrected chi connectivity index (χ1v) is 10.2. The van der Waals surface area contributed by atoms with E-state index in [-0.39, 0.29) is 5.82 Å². The van der Waals surface area contributed by atoms with Crippen molar-refractivity contribution in [2.45, 2.75) is 46.0 Å². The number of ether oxygens (including phenoxy) is 1. The van der Waals surface area contributed by atoms with Crippen LogP contribution in [0.5, 0.6) is 5.75 Å². The van der Waals surface area contributed by atoms with E-state index in [1.54, 1.807) is 12.1 Å². The van der Waals surface area contributed by atoms with Crippen LogP contribution in [0.25, 0.3) is 22.4 Å². The highest BCUT2D eigenvalue weighted by molar-refractivity contribution is 5.67. The molecule has 28 heavy (non-hydrogen) atoms. The molecule has 0 aliphatic carbocycles. The predicted octanol–water partition coefficient (Wildman–Crippen LogP) is 7.08. The number of hydrogen-bond donors (Lipinski definition) is 0. The Bertz CT molecular complexity index is 872. The summed E-state index contributed by atoms with van der Waals surface area (Å²) in [6, 6.07) is 17.5. The van der Waals surface area contributed by atoms with E-state index in [1.807, 2.05) is 25.3 Å². The second kappa shape index (κ2) is 10.0. The van der Waals surface area contributed by atoms with Crippen molar-refractivity contribution >= 4 is 0 Å². The van der Waals surface area contributed by atoms with Crippen molar-refractivity contribution in [1.82, 2.24) is 4.98 Å². The molecule has 0 amide bonds. The van der Waals surface area contributed by atoms with E-state index in [1.165, 1.54) is 30.9 Å². The molecular formula is C25H28FNO. The third-order valence-corrected chi connectivity index (χ3v) is 4.81. The predicted molar refractivity (Wildman–Crippen MR) is 114 cm³/mol. The van der Waals surface area contributed by atoms with Gasteiger partial charge < -0.3 is 4.74 Å². The van der Waals surface area contributed by atoms with Crippen LogP contribution in [0.3, 0.4) is 0 Å². The Kier molecular flexibility index (Phi) is 7.18. The molecule has 2 nitrogen and oxygen atoms in total. The second-order valence-electron chi connectivity index (χ2n) is 7.08. The van der Waals surface area contributed by atoms with Gasteiger partial charge in [0, 0.05) is 23.4 Å². The number of aryl methyl sites for hydroxylation is 1. The van der Waals surface area contributed by atoms with Gasteiger partial charge in [-0.3, -0.25) is 4.98 Å². The van der Waals surface area contributed by atoms with Crippen molar-refractivity contribution < 1.29 is 9.13 Å². The lowest BCUT2D eigenvalue weighted by atomic mass is 10.0. The molecule has 0 saturated heterocycles. The first-order valence-electron chi connectivity index (χ1n) is 10.2. The van der Waals surface area contributed by atoms with E-state index in [9.17, 15) is 4.39 Å². The fourth-order valence-electron chi connectivity index (χ4n) is 3.18. The normalized spacial score (nSPS) is 10.8. The lowest BCUT2D eigenvalue weighted by Crippen LogP contribution is -1.96. The molecule has 0 aliphatic heterocycles. The Hall–Kier alpha value is -2.68. The summed E-state index contributed by atoms with van der Waals surface area (Å²) in [6.07, 6.45) is 7.58. The molecule has 0 N–H and O–H groups in total. The van der Waals surface area contributed by atoms with E-state index in [2.05, 4.69) is 36.2 Å². The van der Waals surface area contributed by atoms with Gasteiger partial charge in [-0.15, -0.1) is 0 Å². The molecule has 3 aromatic rings. The van der Waals surface area contributed by atoms with E-state index in [4.69, 9.17) is 4.74 Å². The lowest BCUT2D eigenvalue weighted by molar-refractivity contribution is 0.316. The quantitative estimate of drug-likeness (QED) is 0.372. The van der Waals surface area contributed by atoms with Crippen LogP contribution in [0.2, 0.25) is 0 Å². The van der Waals surface area contributed by atoms with Crippen LogP contribution < -0.4 is 4.74 Å². The van der Waals surface area contributed by atoms with Gasteiger partial charge in [-0.2, -0.15) is 0 Å². The molecule has 0 radical (unpaired) electrons. The summed E-state index contributed by atoms with van der Waals surface area (Å²) in [5.41, 5.74) is 4.64. The highest BCUT2D eigenvalue weighted by Gasteiger charge is 2.09. The van der Waals surface area contributed by atoms with E-state index >= 15 is 0 Å². The first-order chi connectivity index (χ1) is 13.7. The SMILES string of the molecule is CCCCCc1ccc(-c2ccc(-c3ccc(OCCC)cc3F)nc2)cc1. The minimum Gasteiger partial charge on any atom is -0.494 e. The Morgan fingerprint density at radius 2 is 1.64 bits per heavy atom. The summed E-state index contributed by atoms with van der Waals surface area (Å²) in [5.74, 6) is 0.240. The average Bonchev–Trinajstić information content (AvgIpc) is 2.73. The molecule has 1 heterocycles. The van der Waals surface area contributed by atoms with Crippen molar-refractivity contribution in [3.05, 3.63) is 72.2 Å². The van der Waals surface area contributed by atoms with Crippen LogP contribution in [0.4, 0.5) is 4.39 Å². The second-order valence-corrected chi connectivity index (χ2v) is 7.08. The lowest BCUT2D eigenvalue weighted by Gasteiger charge is -2.09. The molecule has 3 heteroatoms. The number of hydrogen-bond acceptors (Lipinski definition) is 2. The minimum absolute atomic E-state index is 0.315. The van der Waals surface area contributed by atoms with Crippen LogP contribution in [0.1, 0.15) is 45.1 Å². The number of halogens is 1. The Labute approximate surface area is 167 Å². The standard InChI is InChI=1S/C25H28FNO/c1-3-5-6-7-19-8-10-20(11-9-19)21-12-15-25(27-18-21)23-14-13-22(17-24(23)26)28-16-4-2/h8-15,17-18H,3-7,16H2,1-2H3. The molecule has 3 rings (SSSR count). The first kappa shape index (κ1) is 20.1. The molecule has 1 aromatic heterocycles. The molecule has 0 bridgehead atoms. The maximum atomic E-state index is 14.4. The fraction of sp³-hybridized carbons (Fsp3) is 0.320. The molecule has 146 valence electrons. The Morgan fingerprint density at radius 1 is 0.857 bits per heavy atom. The maximum Gasteiger partial charge on any atom is 0.136 e. The molecule has 0 spiro atoms. The molecule has 0 atom stereocenters. The van der Waals surface area contributed by atoms with Gasteiger partial charge in [-0.25, -0.2) is 4.39 Å². The van der Waals surface area contributed by atoms with Gasteiger partial charge in [-0.05, 0) is 48.6 Å². The average molecular weight is 378 g/mol. The molecule has 0 aliphatic rings. The monoisotopic (exact) mass is 377 g/mol. The summed E-state index contributed by atoms with van der Waals surface area (Å²) in [6.45, 7) is 4.83. The van der Waals surface area contributed by atoms with E-state index in [0.717, 1.165) is 24.0 Å². The van der Waals surface area contributed by atoms with Gasteiger partial charge in [0.2, 0.25) is 0 Å². The molecule has 0 saturated carbocycles. The minimum atomic E-state index is -0.315. The third kappa shape index (κ3) is 5.19. The summed E-state index contributed by atoms with van der Waals surface area (Å²) in [5, 5.41) is 0. The molecule has 0 unspecified atom stereocenters. The van der Waals surface area contributed by atoms with Gasteiger partial charge >= 0.3 is 0 Å².